The highest BCUT2D eigenvalue weighted by Gasteiger charge is 2.19. The summed E-state index contributed by atoms with van der Waals surface area (Å²) in [6, 6.07) is 6.55. The quantitative estimate of drug-likeness (QED) is 0.885. The van der Waals surface area contributed by atoms with E-state index in [4.69, 9.17) is 4.74 Å². The zero-order valence-corrected chi connectivity index (χ0v) is 11.5. The minimum atomic E-state index is -0.0525. The number of methoxy groups -OCH3 is 1. The van der Waals surface area contributed by atoms with Crippen molar-refractivity contribution in [2.24, 2.45) is 5.92 Å². The van der Waals surface area contributed by atoms with E-state index in [-0.39, 0.29) is 6.10 Å². The van der Waals surface area contributed by atoms with Gasteiger partial charge in [0.05, 0.1) is 13.2 Å². The molecule has 0 amide bonds. The molecule has 2 nitrogen and oxygen atoms in total. The lowest BCUT2D eigenvalue weighted by Crippen LogP contribution is -2.19. The number of rotatable bonds is 4. The first-order chi connectivity index (χ1) is 8.72. The van der Waals surface area contributed by atoms with Crippen molar-refractivity contribution < 1.29 is 9.84 Å². The molecule has 1 N–H and O–H groups in total. The normalized spacial score (nSPS) is 23.9. The van der Waals surface area contributed by atoms with Crippen molar-refractivity contribution in [3.8, 4) is 5.75 Å². The fourth-order valence-electron chi connectivity index (χ4n) is 2.92. The van der Waals surface area contributed by atoms with Gasteiger partial charge in [0.15, 0.2) is 0 Å². The predicted molar refractivity (Wildman–Crippen MR) is 74.0 cm³/mol. The SMILES string of the molecule is CCc1cc(CC2CCC(O)CC2)ccc1OC. The number of hydrogen-bond acceptors (Lipinski definition) is 2. The highest BCUT2D eigenvalue weighted by atomic mass is 16.5. The summed E-state index contributed by atoms with van der Waals surface area (Å²) in [4.78, 5) is 0. The number of ether oxygens (including phenoxy) is 1. The lowest BCUT2D eigenvalue weighted by atomic mass is 9.83. The number of benzene rings is 1. The first-order valence-corrected chi connectivity index (χ1v) is 7.06. The van der Waals surface area contributed by atoms with Crippen LogP contribution in [0.3, 0.4) is 0 Å². The highest BCUT2D eigenvalue weighted by Crippen LogP contribution is 2.29. The lowest BCUT2D eigenvalue weighted by Gasteiger charge is -2.25. The second kappa shape index (κ2) is 6.24. The van der Waals surface area contributed by atoms with Gasteiger partial charge in [0.1, 0.15) is 5.75 Å². The van der Waals surface area contributed by atoms with E-state index >= 15 is 0 Å². The zero-order chi connectivity index (χ0) is 13.0. The van der Waals surface area contributed by atoms with Gasteiger partial charge in [-0.15, -0.1) is 0 Å². The first-order valence-electron chi connectivity index (χ1n) is 7.06. The topological polar surface area (TPSA) is 29.5 Å². The third-order valence-corrected chi connectivity index (χ3v) is 4.07. The van der Waals surface area contributed by atoms with Gasteiger partial charge >= 0.3 is 0 Å². The summed E-state index contributed by atoms with van der Waals surface area (Å²) in [5, 5.41) is 9.53. The summed E-state index contributed by atoms with van der Waals surface area (Å²) in [6.45, 7) is 2.17. The van der Waals surface area contributed by atoms with Crippen molar-refractivity contribution in [1.82, 2.24) is 0 Å². The van der Waals surface area contributed by atoms with Gasteiger partial charge in [-0.25, -0.2) is 0 Å². The summed E-state index contributed by atoms with van der Waals surface area (Å²) in [7, 11) is 1.73. The summed E-state index contributed by atoms with van der Waals surface area (Å²) < 4.78 is 5.36. The van der Waals surface area contributed by atoms with Crippen LogP contribution in [0.5, 0.6) is 5.75 Å². The smallest absolute Gasteiger partial charge is 0.122 e. The fraction of sp³-hybridized carbons (Fsp3) is 0.625. The van der Waals surface area contributed by atoms with Gasteiger partial charge in [-0.2, -0.15) is 0 Å². The molecule has 0 radical (unpaired) electrons. The average molecular weight is 248 g/mol. The minimum absolute atomic E-state index is 0.0525. The van der Waals surface area contributed by atoms with Crippen molar-refractivity contribution in [2.45, 2.75) is 51.6 Å². The molecular weight excluding hydrogens is 224 g/mol. The van der Waals surface area contributed by atoms with E-state index in [2.05, 4.69) is 25.1 Å². The van der Waals surface area contributed by atoms with Crippen LogP contribution in [0.4, 0.5) is 0 Å². The molecule has 1 fully saturated rings. The molecule has 0 heterocycles. The third-order valence-electron chi connectivity index (χ3n) is 4.07. The molecule has 0 spiro atoms. The number of aliphatic hydroxyl groups excluding tert-OH is 1. The van der Waals surface area contributed by atoms with Gasteiger partial charge in [0.25, 0.3) is 0 Å². The Morgan fingerprint density at radius 2 is 1.94 bits per heavy atom. The minimum Gasteiger partial charge on any atom is -0.496 e. The molecule has 100 valence electrons. The van der Waals surface area contributed by atoms with Crippen molar-refractivity contribution in [3.63, 3.8) is 0 Å². The van der Waals surface area contributed by atoms with Crippen molar-refractivity contribution in [1.29, 1.82) is 0 Å². The molecule has 0 saturated heterocycles. The molecule has 2 heteroatoms. The second-order valence-corrected chi connectivity index (χ2v) is 5.38. The molecule has 1 aliphatic rings. The molecule has 0 unspecified atom stereocenters. The molecule has 0 atom stereocenters. The maximum atomic E-state index is 9.53. The van der Waals surface area contributed by atoms with E-state index in [9.17, 15) is 5.11 Å². The maximum Gasteiger partial charge on any atom is 0.122 e. The van der Waals surface area contributed by atoms with Crippen LogP contribution in [0.2, 0.25) is 0 Å². The van der Waals surface area contributed by atoms with Gasteiger partial charge in [-0.3, -0.25) is 0 Å². The molecule has 1 aromatic carbocycles. The predicted octanol–water partition coefficient (Wildman–Crippen LogP) is 3.35. The van der Waals surface area contributed by atoms with Crippen LogP contribution >= 0.6 is 0 Å². The Morgan fingerprint density at radius 3 is 2.56 bits per heavy atom. The van der Waals surface area contributed by atoms with E-state index in [0.29, 0.717) is 0 Å². The van der Waals surface area contributed by atoms with Crippen LogP contribution in [0.1, 0.15) is 43.7 Å². The van der Waals surface area contributed by atoms with Crippen LogP contribution < -0.4 is 4.74 Å². The molecular formula is C16H24O2. The largest absolute Gasteiger partial charge is 0.496 e. The van der Waals surface area contributed by atoms with Crippen molar-refractivity contribution in [2.75, 3.05) is 7.11 Å². The van der Waals surface area contributed by atoms with Crippen LogP contribution in [0.25, 0.3) is 0 Å². The van der Waals surface area contributed by atoms with Gasteiger partial charge in [-0.05, 0) is 61.6 Å². The molecule has 0 aliphatic heterocycles. The number of hydrogen-bond donors (Lipinski definition) is 1. The van der Waals surface area contributed by atoms with Crippen LogP contribution in [-0.4, -0.2) is 18.3 Å². The Balaban J connectivity index is 2.01. The van der Waals surface area contributed by atoms with Crippen LogP contribution in [0, 0.1) is 5.92 Å². The van der Waals surface area contributed by atoms with Crippen molar-refractivity contribution >= 4 is 0 Å². The van der Waals surface area contributed by atoms with Gasteiger partial charge in [0, 0.05) is 0 Å². The van der Waals surface area contributed by atoms with E-state index < -0.39 is 0 Å². The van der Waals surface area contributed by atoms with E-state index in [1.807, 2.05) is 0 Å². The van der Waals surface area contributed by atoms with Gasteiger partial charge in [0.2, 0.25) is 0 Å². The van der Waals surface area contributed by atoms with E-state index in [1.54, 1.807) is 7.11 Å². The monoisotopic (exact) mass is 248 g/mol. The van der Waals surface area contributed by atoms with Crippen LogP contribution in [-0.2, 0) is 12.8 Å². The molecule has 0 bridgehead atoms. The Hall–Kier alpha value is -1.02. The molecule has 2 rings (SSSR count). The number of aryl methyl sites for hydroxylation is 1. The van der Waals surface area contributed by atoms with E-state index in [1.165, 1.54) is 11.1 Å². The standard InChI is InChI=1S/C16H24O2/c1-3-14-11-13(6-9-16(14)18-2)10-12-4-7-15(17)8-5-12/h6,9,11-12,15,17H,3-5,7-8,10H2,1-2H3. The summed E-state index contributed by atoms with van der Waals surface area (Å²) in [6.07, 6.45) is 6.37. The summed E-state index contributed by atoms with van der Waals surface area (Å²) >= 11 is 0. The van der Waals surface area contributed by atoms with Crippen LogP contribution in [0.15, 0.2) is 18.2 Å². The molecule has 18 heavy (non-hydrogen) atoms. The molecule has 0 aromatic heterocycles. The Bertz CT molecular complexity index is 379. The maximum absolute atomic E-state index is 9.53. The average Bonchev–Trinajstić information content (AvgIpc) is 2.41. The second-order valence-electron chi connectivity index (χ2n) is 5.38. The molecule has 1 aromatic rings. The first kappa shape index (κ1) is 13.4. The Labute approximate surface area is 110 Å². The van der Waals surface area contributed by atoms with Crippen molar-refractivity contribution in [3.05, 3.63) is 29.3 Å². The van der Waals surface area contributed by atoms with E-state index in [0.717, 1.165) is 50.2 Å². The third kappa shape index (κ3) is 3.26. The lowest BCUT2D eigenvalue weighted by molar-refractivity contribution is 0.109. The zero-order valence-electron chi connectivity index (χ0n) is 11.5. The molecule has 1 saturated carbocycles. The Morgan fingerprint density at radius 1 is 1.22 bits per heavy atom. The highest BCUT2D eigenvalue weighted by molar-refractivity contribution is 5.37. The summed E-state index contributed by atoms with van der Waals surface area (Å²) in [5.41, 5.74) is 2.71. The Kier molecular flexibility index (Phi) is 4.65. The summed E-state index contributed by atoms with van der Waals surface area (Å²) in [5.74, 6) is 1.74. The molecule has 1 aliphatic carbocycles. The van der Waals surface area contributed by atoms with Gasteiger partial charge < -0.3 is 9.84 Å². The fourth-order valence-corrected chi connectivity index (χ4v) is 2.92. The van der Waals surface area contributed by atoms with Gasteiger partial charge in [-0.1, -0.05) is 19.1 Å². The number of aliphatic hydroxyl groups is 1.